The first-order valence-corrected chi connectivity index (χ1v) is 6.54. The first-order valence-electron chi connectivity index (χ1n) is 6.16. The van der Waals surface area contributed by atoms with Crippen molar-refractivity contribution in [1.29, 1.82) is 0 Å². The highest BCUT2D eigenvalue weighted by Crippen LogP contribution is 2.30. The molecule has 0 aliphatic heterocycles. The van der Waals surface area contributed by atoms with Crippen molar-refractivity contribution in [3.8, 4) is 5.88 Å². The molecule has 1 aromatic heterocycles. The molecule has 94 valence electrons. The Labute approximate surface area is 106 Å². The van der Waals surface area contributed by atoms with Crippen molar-refractivity contribution in [3.63, 3.8) is 0 Å². The second-order valence-electron chi connectivity index (χ2n) is 4.62. The number of halogens is 2. The number of hydrogen-bond acceptors (Lipinski definition) is 2. The van der Waals surface area contributed by atoms with Gasteiger partial charge in [0.2, 0.25) is 0 Å². The molecule has 1 aromatic rings. The summed E-state index contributed by atoms with van der Waals surface area (Å²) in [6.45, 7) is 2.19. The van der Waals surface area contributed by atoms with E-state index in [1.165, 1.54) is 18.7 Å². The van der Waals surface area contributed by atoms with Crippen molar-refractivity contribution in [1.82, 2.24) is 4.98 Å². The van der Waals surface area contributed by atoms with Gasteiger partial charge in [0.1, 0.15) is 6.10 Å². The van der Waals surface area contributed by atoms with Gasteiger partial charge >= 0.3 is 0 Å². The SMILES string of the molecule is CCC1CCCC(Oc2ncc(Cl)cc2F)C1. The Morgan fingerprint density at radius 3 is 3.06 bits per heavy atom. The molecule has 17 heavy (non-hydrogen) atoms. The molecule has 1 fully saturated rings. The lowest BCUT2D eigenvalue weighted by Gasteiger charge is -2.28. The van der Waals surface area contributed by atoms with Crippen LogP contribution in [0.3, 0.4) is 0 Å². The second kappa shape index (κ2) is 5.67. The molecule has 1 heterocycles. The van der Waals surface area contributed by atoms with E-state index in [0.717, 1.165) is 25.7 Å². The lowest BCUT2D eigenvalue weighted by atomic mass is 9.85. The zero-order valence-electron chi connectivity index (χ0n) is 9.96. The van der Waals surface area contributed by atoms with Crippen LogP contribution in [-0.2, 0) is 0 Å². The number of ether oxygens (including phenoxy) is 1. The zero-order chi connectivity index (χ0) is 12.3. The van der Waals surface area contributed by atoms with Gasteiger partial charge in [0.15, 0.2) is 5.82 Å². The molecule has 4 heteroatoms. The minimum atomic E-state index is -0.476. The first-order chi connectivity index (χ1) is 8.19. The molecule has 0 N–H and O–H groups in total. The monoisotopic (exact) mass is 257 g/mol. The Bertz CT molecular complexity index is 386. The molecule has 2 nitrogen and oxygen atoms in total. The molecular formula is C13H17ClFNO. The minimum absolute atomic E-state index is 0.0798. The highest BCUT2D eigenvalue weighted by molar-refractivity contribution is 6.30. The van der Waals surface area contributed by atoms with Crippen LogP contribution in [0.2, 0.25) is 5.02 Å². The average molecular weight is 258 g/mol. The Morgan fingerprint density at radius 1 is 1.53 bits per heavy atom. The molecule has 0 aromatic carbocycles. The molecule has 2 unspecified atom stereocenters. The molecule has 0 bridgehead atoms. The molecule has 2 rings (SSSR count). The van der Waals surface area contributed by atoms with Crippen LogP contribution in [0.1, 0.15) is 39.0 Å². The average Bonchev–Trinajstić information content (AvgIpc) is 2.33. The molecule has 0 amide bonds. The smallest absolute Gasteiger partial charge is 0.250 e. The zero-order valence-corrected chi connectivity index (χ0v) is 10.7. The van der Waals surface area contributed by atoms with Crippen molar-refractivity contribution in [2.45, 2.75) is 45.1 Å². The van der Waals surface area contributed by atoms with E-state index in [9.17, 15) is 4.39 Å². The Balaban J connectivity index is 2.00. The highest BCUT2D eigenvalue weighted by atomic mass is 35.5. The van der Waals surface area contributed by atoms with E-state index in [-0.39, 0.29) is 12.0 Å². The topological polar surface area (TPSA) is 22.1 Å². The van der Waals surface area contributed by atoms with E-state index in [1.54, 1.807) is 0 Å². The maximum atomic E-state index is 13.5. The van der Waals surface area contributed by atoms with Crippen LogP contribution in [0, 0.1) is 11.7 Å². The summed E-state index contributed by atoms with van der Waals surface area (Å²) in [5, 5.41) is 0.296. The van der Waals surface area contributed by atoms with Crippen LogP contribution in [-0.4, -0.2) is 11.1 Å². The van der Waals surface area contributed by atoms with Gasteiger partial charge in [-0.1, -0.05) is 31.4 Å². The van der Waals surface area contributed by atoms with Gasteiger partial charge in [-0.25, -0.2) is 9.37 Å². The third-order valence-electron chi connectivity index (χ3n) is 3.36. The van der Waals surface area contributed by atoms with Gasteiger partial charge in [-0.15, -0.1) is 0 Å². The summed E-state index contributed by atoms with van der Waals surface area (Å²) in [4.78, 5) is 3.89. The highest BCUT2D eigenvalue weighted by Gasteiger charge is 2.23. The largest absolute Gasteiger partial charge is 0.472 e. The molecule has 1 aliphatic rings. The number of pyridine rings is 1. The van der Waals surface area contributed by atoms with Crippen molar-refractivity contribution in [2.75, 3.05) is 0 Å². The van der Waals surface area contributed by atoms with Crippen molar-refractivity contribution < 1.29 is 9.13 Å². The van der Waals surface area contributed by atoms with Gasteiger partial charge in [0, 0.05) is 6.20 Å². The number of hydrogen-bond donors (Lipinski definition) is 0. The van der Waals surface area contributed by atoms with Gasteiger partial charge < -0.3 is 4.74 Å². The van der Waals surface area contributed by atoms with E-state index < -0.39 is 5.82 Å². The fraction of sp³-hybridized carbons (Fsp3) is 0.615. The fourth-order valence-electron chi connectivity index (χ4n) is 2.37. The summed E-state index contributed by atoms with van der Waals surface area (Å²) in [6.07, 6.45) is 7.07. The number of rotatable bonds is 3. The normalized spacial score (nSPS) is 24.6. The Kier molecular flexibility index (Phi) is 4.21. The minimum Gasteiger partial charge on any atom is -0.472 e. The molecule has 1 saturated carbocycles. The predicted molar refractivity (Wildman–Crippen MR) is 65.9 cm³/mol. The quantitative estimate of drug-likeness (QED) is 0.809. The molecule has 0 radical (unpaired) electrons. The summed E-state index contributed by atoms with van der Waals surface area (Å²) in [6, 6.07) is 1.24. The van der Waals surface area contributed by atoms with Crippen LogP contribution in [0.4, 0.5) is 4.39 Å². The van der Waals surface area contributed by atoms with Gasteiger partial charge in [-0.2, -0.15) is 0 Å². The third-order valence-corrected chi connectivity index (χ3v) is 3.57. The number of aromatic nitrogens is 1. The van der Waals surface area contributed by atoms with E-state index in [1.807, 2.05) is 0 Å². The van der Waals surface area contributed by atoms with E-state index in [0.29, 0.717) is 10.9 Å². The van der Waals surface area contributed by atoms with Gasteiger partial charge in [0.05, 0.1) is 5.02 Å². The summed E-state index contributed by atoms with van der Waals surface area (Å²) in [5.74, 6) is 0.302. The van der Waals surface area contributed by atoms with Gasteiger partial charge in [-0.05, 0) is 31.2 Å². The van der Waals surface area contributed by atoms with Gasteiger partial charge in [0.25, 0.3) is 5.88 Å². The molecule has 2 atom stereocenters. The molecule has 1 aliphatic carbocycles. The summed E-state index contributed by atoms with van der Waals surface area (Å²) >= 11 is 5.65. The maximum absolute atomic E-state index is 13.5. The molecular weight excluding hydrogens is 241 g/mol. The van der Waals surface area contributed by atoms with Crippen molar-refractivity contribution >= 4 is 11.6 Å². The van der Waals surface area contributed by atoms with Crippen LogP contribution in [0.5, 0.6) is 5.88 Å². The van der Waals surface area contributed by atoms with Crippen LogP contribution in [0.25, 0.3) is 0 Å². The lowest BCUT2D eigenvalue weighted by Crippen LogP contribution is -2.25. The second-order valence-corrected chi connectivity index (χ2v) is 5.06. The van der Waals surface area contributed by atoms with Gasteiger partial charge in [-0.3, -0.25) is 0 Å². The standard InChI is InChI=1S/C13H17ClFNO/c1-2-9-4-3-5-11(6-9)17-13-12(15)7-10(14)8-16-13/h7-9,11H,2-6H2,1H3. The first kappa shape index (κ1) is 12.6. The van der Waals surface area contributed by atoms with E-state index in [2.05, 4.69) is 11.9 Å². The fourth-order valence-corrected chi connectivity index (χ4v) is 2.51. The lowest BCUT2D eigenvalue weighted by molar-refractivity contribution is 0.112. The summed E-state index contributed by atoms with van der Waals surface area (Å²) < 4.78 is 19.1. The Hall–Kier alpha value is -0.830. The van der Waals surface area contributed by atoms with E-state index in [4.69, 9.17) is 16.3 Å². The number of nitrogens with zero attached hydrogens (tertiary/aromatic N) is 1. The third kappa shape index (κ3) is 3.32. The van der Waals surface area contributed by atoms with Crippen LogP contribution < -0.4 is 4.74 Å². The predicted octanol–water partition coefficient (Wildman–Crippen LogP) is 4.22. The van der Waals surface area contributed by atoms with Crippen molar-refractivity contribution in [2.24, 2.45) is 5.92 Å². The summed E-state index contributed by atoms with van der Waals surface area (Å²) in [7, 11) is 0. The van der Waals surface area contributed by atoms with Crippen LogP contribution in [0.15, 0.2) is 12.3 Å². The maximum Gasteiger partial charge on any atom is 0.250 e. The van der Waals surface area contributed by atoms with Crippen molar-refractivity contribution in [3.05, 3.63) is 23.1 Å². The molecule has 0 saturated heterocycles. The Morgan fingerprint density at radius 2 is 2.35 bits per heavy atom. The van der Waals surface area contributed by atoms with E-state index >= 15 is 0 Å². The molecule has 0 spiro atoms. The van der Waals surface area contributed by atoms with Crippen LogP contribution >= 0.6 is 11.6 Å². The summed E-state index contributed by atoms with van der Waals surface area (Å²) in [5.41, 5.74) is 0.